The minimum atomic E-state index is -0.792. The highest BCUT2D eigenvalue weighted by atomic mass is 79.9. The molecule has 1 heterocycles. The molecule has 0 aliphatic carbocycles. The fourth-order valence-electron chi connectivity index (χ4n) is 3.52. The van der Waals surface area contributed by atoms with Gasteiger partial charge in [-0.2, -0.15) is 0 Å². The van der Waals surface area contributed by atoms with E-state index in [-0.39, 0.29) is 25.2 Å². The SMILES string of the molecule is Cc1ccc(Br)cc1.Clc1ccc2c(c1)CCCO2.NC[C@@H](O)C[C@@H](Cc1ccccc1F)C(N)=O. The highest BCUT2D eigenvalue weighted by molar-refractivity contribution is 9.10. The van der Waals surface area contributed by atoms with Crippen molar-refractivity contribution in [3.05, 3.63) is 98.7 Å². The van der Waals surface area contributed by atoms with Crippen LogP contribution in [0.15, 0.2) is 71.2 Å². The highest BCUT2D eigenvalue weighted by Crippen LogP contribution is 2.27. The number of hydrogen-bond donors (Lipinski definition) is 3. The van der Waals surface area contributed by atoms with Gasteiger partial charge in [0, 0.05) is 22.0 Å². The van der Waals surface area contributed by atoms with Gasteiger partial charge in [-0.1, -0.05) is 63.4 Å². The largest absolute Gasteiger partial charge is 0.493 e. The lowest BCUT2D eigenvalue weighted by Crippen LogP contribution is -2.32. The zero-order valence-corrected chi connectivity index (χ0v) is 22.6. The molecular weight excluding hydrogens is 547 g/mol. The molecule has 3 aromatic carbocycles. The number of halogens is 3. The van der Waals surface area contributed by atoms with Crippen LogP contribution in [0, 0.1) is 18.7 Å². The number of carbonyl (C=O) groups is 1. The van der Waals surface area contributed by atoms with E-state index < -0.39 is 17.9 Å². The number of ether oxygens (including phenoxy) is 1. The lowest BCUT2D eigenvalue weighted by atomic mass is 9.93. The summed E-state index contributed by atoms with van der Waals surface area (Å²) in [5.74, 6) is -0.534. The van der Waals surface area contributed by atoms with Crippen molar-refractivity contribution in [2.75, 3.05) is 13.2 Å². The number of benzene rings is 3. The lowest BCUT2D eigenvalue weighted by molar-refractivity contribution is -0.122. The minimum Gasteiger partial charge on any atom is -0.493 e. The van der Waals surface area contributed by atoms with Gasteiger partial charge in [0.1, 0.15) is 11.6 Å². The summed E-state index contributed by atoms with van der Waals surface area (Å²) >= 11 is 9.17. The van der Waals surface area contributed by atoms with Crippen LogP contribution in [0.5, 0.6) is 5.75 Å². The number of fused-ring (bicyclic) bond motifs is 1. The maximum atomic E-state index is 13.4. The van der Waals surface area contributed by atoms with Gasteiger partial charge in [-0.15, -0.1) is 0 Å². The third-order valence-corrected chi connectivity index (χ3v) is 6.30. The van der Waals surface area contributed by atoms with Gasteiger partial charge in [0.15, 0.2) is 0 Å². The summed E-state index contributed by atoms with van der Waals surface area (Å²) in [4.78, 5) is 11.2. The van der Waals surface area contributed by atoms with Gasteiger partial charge in [0.2, 0.25) is 5.91 Å². The summed E-state index contributed by atoms with van der Waals surface area (Å²) in [7, 11) is 0. The molecule has 0 bridgehead atoms. The molecule has 1 amide bonds. The van der Waals surface area contributed by atoms with Gasteiger partial charge in [0.25, 0.3) is 0 Å². The molecule has 3 aromatic rings. The van der Waals surface area contributed by atoms with E-state index in [4.69, 9.17) is 27.8 Å². The van der Waals surface area contributed by atoms with Gasteiger partial charge in [-0.05, 0) is 80.1 Å². The molecule has 0 unspecified atom stereocenters. The number of rotatable bonds is 6. The maximum absolute atomic E-state index is 13.4. The first-order chi connectivity index (χ1) is 17.2. The number of nitrogens with two attached hydrogens (primary N) is 2. The van der Waals surface area contributed by atoms with Crippen LogP contribution in [0.4, 0.5) is 4.39 Å². The summed E-state index contributed by atoms with van der Waals surface area (Å²) in [6.07, 6.45) is 1.74. The number of aliphatic hydroxyl groups excluding tert-OH is 1. The van der Waals surface area contributed by atoms with Crippen LogP contribution in [-0.2, 0) is 17.6 Å². The van der Waals surface area contributed by atoms with Crippen molar-refractivity contribution in [2.24, 2.45) is 17.4 Å². The van der Waals surface area contributed by atoms with E-state index in [1.54, 1.807) is 18.2 Å². The van der Waals surface area contributed by atoms with Crippen LogP contribution in [-0.4, -0.2) is 30.3 Å². The van der Waals surface area contributed by atoms with Crippen LogP contribution in [0.3, 0.4) is 0 Å². The first-order valence-electron chi connectivity index (χ1n) is 11.7. The molecule has 0 radical (unpaired) electrons. The Kier molecular flexibility index (Phi) is 12.9. The minimum absolute atomic E-state index is 0.0566. The molecule has 0 aromatic heterocycles. The highest BCUT2D eigenvalue weighted by Gasteiger charge is 2.20. The van der Waals surface area contributed by atoms with Crippen LogP contribution in [0.25, 0.3) is 0 Å². The van der Waals surface area contributed by atoms with E-state index in [2.05, 4.69) is 35.0 Å². The van der Waals surface area contributed by atoms with Crippen LogP contribution in [0.1, 0.15) is 29.5 Å². The summed E-state index contributed by atoms with van der Waals surface area (Å²) in [6, 6.07) is 20.2. The number of aliphatic hydroxyl groups is 1. The normalized spacial score (nSPS) is 13.5. The molecule has 5 N–H and O–H groups in total. The van der Waals surface area contributed by atoms with Crippen molar-refractivity contribution >= 4 is 33.4 Å². The Morgan fingerprint density at radius 1 is 1.17 bits per heavy atom. The maximum Gasteiger partial charge on any atom is 0.220 e. The zero-order valence-electron chi connectivity index (χ0n) is 20.3. The lowest BCUT2D eigenvalue weighted by Gasteiger charge is -2.16. The molecule has 0 saturated heterocycles. The molecule has 36 heavy (non-hydrogen) atoms. The van der Waals surface area contributed by atoms with Crippen LogP contribution >= 0.6 is 27.5 Å². The molecule has 194 valence electrons. The van der Waals surface area contributed by atoms with E-state index in [0.29, 0.717) is 5.56 Å². The van der Waals surface area contributed by atoms with Crippen molar-refractivity contribution in [1.29, 1.82) is 0 Å². The number of amides is 1. The summed E-state index contributed by atoms with van der Waals surface area (Å²) in [5.41, 5.74) is 13.4. The topological polar surface area (TPSA) is 98.6 Å². The first-order valence-corrected chi connectivity index (χ1v) is 12.9. The second-order valence-electron chi connectivity index (χ2n) is 8.52. The average Bonchev–Trinajstić information content (AvgIpc) is 2.87. The van der Waals surface area contributed by atoms with E-state index in [1.807, 2.05) is 30.3 Å². The molecule has 2 atom stereocenters. The Morgan fingerprint density at radius 3 is 2.47 bits per heavy atom. The molecule has 0 fully saturated rings. The van der Waals surface area contributed by atoms with Crippen LogP contribution < -0.4 is 16.2 Å². The monoisotopic (exact) mass is 578 g/mol. The molecule has 1 aliphatic rings. The number of aryl methyl sites for hydroxylation is 2. The van der Waals surface area contributed by atoms with Gasteiger partial charge in [0.05, 0.1) is 12.7 Å². The van der Waals surface area contributed by atoms with Crippen molar-refractivity contribution in [2.45, 2.75) is 38.7 Å². The van der Waals surface area contributed by atoms with Crippen LogP contribution in [0.2, 0.25) is 5.02 Å². The second kappa shape index (κ2) is 15.6. The molecular formula is C28H33BrClFN2O3. The Labute approximate surface area is 225 Å². The van der Waals surface area contributed by atoms with E-state index in [9.17, 15) is 14.3 Å². The molecule has 1 aliphatic heterocycles. The van der Waals surface area contributed by atoms with Crippen molar-refractivity contribution < 1.29 is 19.0 Å². The van der Waals surface area contributed by atoms with Crippen molar-refractivity contribution in [3.8, 4) is 5.75 Å². The van der Waals surface area contributed by atoms with Gasteiger partial charge in [-0.25, -0.2) is 4.39 Å². The average molecular weight is 580 g/mol. The summed E-state index contributed by atoms with van der Waals surface area (Å²) < 4.78 is 20.0. The third kappa shape index (κ3) is 10.7. The van der Waals surface area contributed by atoms with Gasteiger partial charge < -0.3 is 21.3 Å². The standard InChI is InChI=1S/C12H17FN2O2.C9H9ClO.C7H7Br/c13-11-4-2-1-3-8(11)5-9(12(15)17)6-10(16)7-14;10-8-3-4-9-7(6-8)2-1-5-11-9;1-6-2-4-7(8)5-3-6/h1-4,9-10,16H,5-7,14H2,(H2,15,17);3-4,6H,1-2,5H2;2-5H,1H3/t9-,10+;;/m1../s1. The Balaban J connectivity index is 0.000000205. The van der Waals surface area contributed by atoms with Crippen molar-refractivity contribution in [1.82, 2.24) is 0 Å². The number of primary amides is 1. The van der Waals surface area contributed by atoms with E-state index >= 15 is 0 Å². The molecule has 4 rings (SSSR count). The fourth-order valence-corrected chi connectivity index (χ4v) is 3.98. The number of carbonyl (C=O) groups excluding carboxylic acids is 1. The number of hydrogen-bond acceptors (Lipinski definition) is 4. The smallest absolute Gasteiger partial charge is 0.220 e. The molecule has 0 spiro atoms. The van der Waals surface area contributed by atoms with Crippen molar-refractivity contribution in [3.63, 3.8) is 0 Å². The quantitative estimate of drug-likeness (QED) is 0.354. The van der Waals surface area contributed by atoms with E-state index in [0.717, 1.165) is 34.7 Å². The molecule has 5 nitrogen and oxygen atoms in total. The first kappa shape index (κ1) is 29.8. The second-order valence-corrected chi connectivity index (χ2v) is 9.87. The predicted molar refractivity (Wildman–Crippen MR) is 147 cm³/mol. The Bertz CT molecular complexity index is 1080. The summed E-state index contributed by atoms with van der Waals surface area (Å²) in [6.45, 7) is 2.97. The summed E-state index contributed by atoms with van der Waals surface area (Å²) in [5, 5.41) is 10.2. The van der Waals surface area contributed by atoms with Gasteiger partial charge >= 0.3 is 0 Å². The Morgan fingerprint density at radius 2 is 1.86 bits per heavy atom. The predicted octanol–water partition coefficient (Wildman–Crippen LogP) is 5.60. The molecule has 0 saturated carbocycles. The fraction of sp³-hybridized carbons (Fsp3) is 0.321. The zero-order chi connectivity index (χ0) is 26.5. The third-order valence-electron chi connectivity index (χ3n) is 5.54. The van der Waals surface area contributed by atoms with Gasteiger partial charge in [-0.3, -0.25) is 4.79 Å². The Hall–Kier alpha value is -2.45. The van der Waals surface area contributed by atoms with E-state index in [1.165, 1.54) is 17.2 Å². The molecule has 8 heteroatoms.